The zero-order valence-electron chi connectivity index (χ0n) is 16.7. The van der Waals surface area contributed by atoms with E-state index in [2.05, 4.69) is 44.7 Å². The summed E-state index contributed by atoms with van der Waals surface area (Å²) in [6.07, 6.45) is 5.02. The summed E-state index contributed by atoms with van der Waals surface area (Å²) in [5, 5.41) is 6.68. The monoisotopic (exact) mass is 394 g/mol. The number of likely N-dealkylation sites (N-methyl/N-ethyl adjacent to an activating group) is 1. The van der Waals surface area contributed by atoms with Gasteiger partial charge in [-0.1, -0.05) is 0 Å². The zero-order valence-corrected chi connectivity index (χ0v) is 16.7. The normalized spacial score (nSPS) is 24.7. The van der Waals surface area contributed by atoms with Crippen molar-refractivity contribution < 1.29 is 9.53 Å². The summed E-state index contributed by atoms with van der Waals surface area (Å²) in [6, 6.07) is 4.58. The Balaban J connectivity index is 1.44. The lowest BCUT2D eigenvalue weighted by atomic mass is 9.52. The molecule has 0 radical (unpaired) electrons. The van der Waals surface area contributed by atoms with E-state index in [0.29, 0.717) is 35.2 Å². The molecule has 3 fully saturated rings. The van der Waals surface area contributed by atoms with Crippen molar-refractivity contribution in [2.24, 2.45) is 17.6 Å². The number of rotatable bonds is 6. The van der Waals surface area contributed by atoms with Crippen molar-refractivity contribution in [1.82, 2.24) is 14.9 Å². The molecule has 4 aliphatic rings. The van der Waals surface area contributed by atoms with E-state index >= 15 is 0 Å². The molecule has 4 N–H and O–H groups in total. The summed E-state index contributed by atoms with van der Waals surface area (Å²) in [5.41, 5.74) is 9.24. The van der Waals surface area contributed by atoms with Crippen molar-refractivity contribution in [2.75, 3.05) is 31.3 Å². The number of methoxy groups -OCH3 is 1. The van der Waals surface area contributed by atoms with Crippen LogP contribution in [0.4, 0.5) is 17.5 Å². The molecule has 1 aliphatic heterocycles. The van der Waals surface area contributed by atoms with Crippen molar-refractivity contribution in [3.8, 4) is 5.75 Å². The van der Waals surface area contributed by atoms with Gasteiger partial charge in [-0.2, -0.15) is 4.98 Å². The molecule has 152 valence electrons. The van der Waals surface area contributed by atoms with Gasteiger partial charge < -0.3 is 26.0 Å². The molecule has 1 aromatic carbocycles. The number of nitrogens with two attached hydrogens (primary N) is 1. The highest BCUT2D eigenvalue weighted by atomic mass is 16.5. The lowest BCUT2D eigenvalue weighted by Gasteiger charge is -2.58. The number of hydrogen-bond donors (Lipinski definition) is 3. The van der Waals surface area contributed by atoms with Crippen LogP contribution in [-0.2, 0) is 13.0 Å². The van der Waals surface area contributed by atoms with Crippen LogP contribution in [0.2, 0.25) is 0 Å². The lowest BCUT2D eigenvalue weighted by Crippen LogP contribution is -2.59. The molecular weight excluding hydrogens is 368 g/mol. The number of nitrogens with one attached hydrogen (secondary N) is 2. The molecule has 2 heterocycles. The number of nitrogens with zero attached hydrogens (tertiary/aromatic N) is 3. The number of carbonyl (C=O) groups is 1. The van der Waals surface area contributed by atoms with Gasteiger partial charge in [0, 0.05) is 25.3 Å². The summed E-state index contributed by atoms with van der Waals surface area (Å²) in [5.74, 6) is 2.51. The molecular formula is C21H26N6O2. The fourth-order valence-corrected chi connectivity index (χ4v) is 4.53. The van der Waals surface area contributed by atoms with Gasteiger partial charge in [0.1, 0.15) is 11.6 Å². The lowest BCUT2D eigenvalue weighted by molar-refractivity contribution is -0.00414. The second-order valence-corrected chi connectivity index (χ2v) is 8.42. The van der Waals surface area contributed by atoms with Crippen LogP contribution in [-0.4, -0.2) is 47.5 Å². The fraction of sp³-hybridized carbons (Fsp3) is 0.476. The third-order valence-electron chi connectivity index (χ3n) is 6.56. The van der Waals surface area contributed by atoms with Crippen molar-refractivity contribution in [3.63, 3.8) is 0 Å². The van der Waals surface area contributed by atoms with Crippen LogP contribution in [0.3, 0.4) is 0 Å². The highest BCUT2D eigenvalue weighted by Crippen LogP contribution is 2.54. The van der Waals surface area contributed by atoms with E-state index in [4.69, 9.17) is 10.5 Å². The highest BCUT2D eigenvalue weighted by molar-refractivity contribution is 5.97. The molecule has 8 heteroatoms. The minimum Gasteiger partial charge on any atom is -0.495 e. The van der Waals surface area contributed by atoms with E-state index in [9.17, 15) is 4.79 Å². The number of ether oxygens (including phenoxy) is 1. The van der Waals surface area contributed by atoms with Gasteiger partial charge in [-0.3, -0.25) is 4.79 Å². The Kier molecular flexibility index (Phi) is 4.31. The molecule has 2 aromatic rings. The van der Waals surface area contributed by atoms with E-state index in [0.717, 1.165) is 30.9 Å². The van der Waals surface area contributed by atoms with Gasteiger partial charge in [0.15, 0.2) is 0 Å². The molecule has 3 aliphatic carbocycles. The van der Waals surface area contributed by atoms with E-state index in [1.807, 2.05) is 0 Å². The summed E-state index contributed by atoms with van der Waals surface area (Å²) in [7, 11) is 3.78. The summed E-state index contributed by atoms with van der Waals surface area (Å²) < 4.78 is 5.59. The molecule has 2 bridgehead atoms. The first-order valence-corrected chi connectivity index (χ1v) is 10.1. The molecule has 8 nitrogen and oxygen atoms in total. The van der Waals surface area contributed by atoms with E-state index in [1.165, 1.54) is 30.2 Å². The molecule has 0 spiro atoms. The molecule has 0 unspecified atom stereocenters. The maximum absolute atomic E-state index is 11.8. The number of fused-ring (bicyclic) bond motifs is 1. The second kappa shape index (κ2) is 6.88. The topological polar surface area (TPSA) is 105 Å². The predicted octanol–water partition coefficient (Wildman–Crippen LogP) is 2.14. The first kappa shape index (κ1) is 18.2. The highest BCUT2D eigenvalue weighted by Gasteiger charge is 2.52. The predicted molar refractivity (Wildman–Crippen MR) is 110 cm³/mol. The van der Waals surface area contributed by atoms with Crippen molar-refractivity contribution in [3.05, 3.63) is 35.0 Å². The van der Waals surface area contributed by atoms with Gasteiger partial charge in [0.05, 0.1) is 18.4 Å². The molecule has 0 saturated heterocycles. The maximum Gasteiger partial charge on any atom is 0.254 e. The van der Waals surface area contributed by atoms with Crippen LogP contribution in [0, 0.1) is 11.8 Å². The Bertz CT molecular complexity index is 964. The third kappa shape index (κ3) is 3.17. The van der Waals surface area contributed by atoms with Crippen LogP contribution >= 0.6 is 0 Å². The second-order valence-electron chi connectivity index (χ2n) is 8.42. The largest absolute Gasteiger partial charge is 0.495 e. The van der Waals surface area contributed by atoms with E-state index in [1.54, 1.807) is 7.11 Å². The number of primary amides is 1. The average molecular weight is 394 g/mol. The number of amides is 1. The fourth-order valence-electron chi connectivity index (χ4n) is 4.53. The minimum absolute atomic E-state index is 0.320. The molecule has 3 saturated carbocycles. The summed E-state index contributed by atoms with van der Waals surface area (Å²) >= 11 is 0. The van der Waals surface area contributed by atoms with Gasteiger partial charge >= 0.3 is 0 Å². The van der Waals surface area contributed by atoms with Crippen LogP contribution < -0.4 is 21.1 Å². The van der Waals surface area contributed by atoms with Gasteiger partial charge in [-0.25, -0.2) is 4.98 Å². The Morgan fingerprint density at radius 3 is 2.72 bits per heavy atom. The quantitative estimate of drug-likeness (QED) is 0.689. The number of anilines is 3. The zero-order chi connectivity index (χ0) is 20.1. The van der Waals surface area contributed by atoms with Crippen molar-refractivity contribution in [1.29, 1.82) is 0 Å². The molecule has 6 rings (SSSR count). The third-order valence-corrected chi connectivity index (χ3v) is 6.56. The van der Waals surface area contributed by atoms with Gasteiger partial charge in [0.2, 0.25) is 5.95 Å². The number of hydrogen-bond acceptors (Lipinski definition) is 7. The average Bonchev–Trinajstić information content (AvgIpc) is 2.63. The number of benzene rings is 1. The van der Waals surface area contributed by atoms with Crippen LogP contribution in [0.1, 0.15) is 34.3 Å². The Labute approximate surface area is 169 Å². The van der Waals surface area contributed by atoms with Crippen LogP contribution in [0.15, 0.2) is 18.3 Å². The standard InChI is InChI=1S/C21H26N6O2/c1-27-4-3-11-8-17(29-2)16(7-14(11)10-27)24-21-23-9-15(19(22)28)20(26-21)25-18-12-5-13(18)6-12/h7-9,12-13,18H,3-6,10H2,1-2H3,(H2,22,28)(H2,23,24,25,26). The molecule has 1 aromatic heterocycles. The van der Waals surface area contributed by atoms with Gasteiger partial charge in [-0.05, 0) is 61.4 Å². The van der Waals surface area contributed by atoms with Crippen molar-refractivity contribution >= 4 is 23.4 Å². The van der Waals surface area contributed by atoms with Crippen molar-refractivity contribution in [2.45, 2.75) is 31.8 Å². The smallest absolute Gasteiger partial charge is 0.254 e. The maximum atomic E-state index is 11.8. The first-order valence-electron chi connectivity index (χ1n) is 10.1. The first-order chi connectivity index (χ1) is 14.0. The van der Waals surface area contributed by atoms with E-state index < -0.39 is 5.91 Å². The Hall–Kier alpha value is -2.87. The summed E-state index contributed by atoms with van der Waals surface area (Å²) in [6.45, 7) is 1.94. The number of carbonyl (C=O) groups excluding carboxylic acids is 1. The van der Waals surface area contributed by atoms with E-state index in [-0.39, 0.29) is 0 Å². The Morgan fingerprint density at radius 1 is 1.28 bits per heavy atom. The minimum atomic E-state index is -0.526. The van der Waals surface area contributed by atoms with Crippen LogP contribution in [0.25, 0.3) is 0 Å². The molecule has 1 amide bonds. The molecule has 0 atom stereocenters. The van der Waals surface area contributed by atoms with Gasteiger partial charge in [-0.15, -0.1) is 0 Å². The van der Waals surface area contributed by atoms with Crippen LogP contribution in [0.5, 0.6) is 5.75 Å². The molecule has 29 heavy (non-hydrogen) atoms. The number of aromatic nitrogens is 2. The van der Waals surface area contributed by atoms with Gasteiger partial charge in [0.25, 0.3) is 5.91 Å². The SMILES string of the molecule is COc1cc2c(cc1Nc1ncc(C(N)=O)c(NC3C4CC3C4)n1)CN(C)CC2. The Morgan fingerprint density at radius 2 is 2.07 bits per heavy atom. The summed E-state index contributed by atoms with van der Waals surface area (Å²) in [4.78, 5) is 23.0.